The van der Waals surface area contributed by atoms with Gasteiger partial charge in [-0.3, -0.25) is 19.6 Å². The molecule has 2 aromatic rings. The SMILES string of the molecule is CNC(=O)C(C)(C(=O)NO)N(C)C(=O)c1ccc(C#Cc2ccc(CCOCCO)cc2)cc1. The summed E-state index contributed by atoms with van der Waals surface area (Å²) in [7, 11) is 2.64. The van der Waals surface area contributed by atoms with Gasteiger partial charge in [-0.1, -0.05) is 24.0 Å². The summed E-state index contributed by atoms with van der Waals surface area (Å²) in [6.07, 6.45) is 0.747. The Balaban J connectivity index is 2.09. The van der Waals surface area contributed by atoms with Crippen LogP contribution in [0.15, 0.2) is 48.5 Å². The molecule has 0 spiro atoms. The molecule has 2 aromatic carbocycles. The van der Waals surface area contributed by atoms with Crippen LogP contribution in [0.5, 0.6) is 0 Å². The van der Waals surface area contributed by atoms with Crippen LogP contribution in [0, 0.1) is 11.8 Å². The van der Waals surface area contributed by atoms with Gasteiger partial charge in [-0.25, -0.2) is 5.48 Å². The maximum Gasteiger partial charge on any atom is 0.278 e. The van der Waals surface area contributed by atoms with Crippen molar-refractivity contribution in [2.45, 2.75) is 18.9 Å². The summed E-state index contributed by atoms with van der Waals surface area (Å²) in [6.45, 7) is 2.12. The molecule has 2 rings (SSSR count). The van der Waals surface area contributed by atoms with E-state index < -0.39 is 23.3 Å². The van der Waals surface area contributed by atoms with Gasteiger partial charge in [-0.05, 0) is 55.3 Å². The fourth-order valence-corrected chi connectivity index (χ4v) is 3.11. The average Bonchev–Trinajstić information content (AvgIpc) is 2.88. The number of likely N-dealkylation sites (N-methyl/N-ethyl adjacent to an activating group) is 2. The monoisotopic (exact) mass is 467 g/mol. The lowest BCUT2D eigenvalue weighted by Crippen LogP contribution is -2.64. The number of ether oxygens (including phenoxy) is 1. The topological polar surface area (TPSA) is 128 Å². The lowest BCUT2D eigenvalue weighted by atomic mass is 9.96. The van der Waals surface area contributed by atoms with Crippen molar-refractivity contribution in [1.82, 2.24) is 15.7 Å². The average molecular weight is 468 g/mol. The maximum atomic E-state index is 12.9. The zero-order chi connectivity index (χ0) is 25.1. The number of benzene rings is 2. The minimum Gasteiger partial charge on any atom is -0.394 e. The van der Waals surface area contributed by atoms with Gasteiger partial charge in [0, 0.05) is 30.8 Å². The largest absolute Gasteiger partial charge is 0.394 e. The van der Waals surface area contributed by atoms with E-state index in [0.29, 0.717) is 18.8 Å². The van der Waals surface area contributed by atoms with E-state index in [1.165, 1.54) is 26.5 Å². The molecule has 0 bridgehead atoms. The van der Waals surface area contributed by atoms with Crippen molar-refractivity contribution in [2.75, 3.05) is 33.9 Å². The second-order valence-electron chi connectivity index (χ2n) is 7.57. The van der Waals surface area contributed by atoms with Gasteiger partial charge in [0.25, 0.3) is 17.7 Å². The van der Waals surface area contributed by atoms with Crippen LogP contribution in [-0.4, -0.2) is 72.4 Å². The van der Waals surface area contributed by atoms with Crippen molar-refractivity contribution in [3.63, 3.8) is 0 Å². The molecule has 1 atom stereocenters. The Hall–Kier alpha value is -3.71. The highest BCUT2D eigenvalue weighted by Crippen LogP contribution is 2.18. The second kappa shape index (κ2) is 12.5. The van der Waals surface area contributed by atoms with Crippen molar-refractivity contribution in [2.24, 2.45) is 0 Å². The Bertz CT molecular complexity index is 1040. The first kappa shape index (κ1) is 26.5. The molecule has 4 N–H and O–H groups in total. The van der Waals surface area contributed by atoms with Gasteiger partial charge < -0.3 is 20.1 Å². The summed E-state index contributed by atoms with van der Waals surface area (Å²) in [5, 5.41) is 20.1. The van der Waals surface area contributed by atoms with Gasteiger partial charge in [0.05, 0.1) is 19.8 Å². The van der Waals surface area contributed by atoms with Crippen LogP contribution < -0.4 is 10.8 Å². The molecule has 0 heterocycles. The number of amides is 3. The van der Waals surface area contributed by atoms with Crippen LogP contribution in [0.1, 0.15) is 34.0 Å². The maximum absolute atomic E-state index is 12.9. The van der Waals surface area contributed by atoms with Gasteiger partial charge in [0.2, 0.25) is 0 Å². The van der Waals surface area contributed by atoms with Crippen molar-refractivity contribution in [3.05, 3.63) is 70.8 Å². The van der Waals surface area contributed by atoms with Crippen molar-refractivity contribution >= 4 is 17.7 Å². The summed E-state index contributed by atoms with van der Waals surface area (Å²) in [6, 6.07) is 14.2. The molecule has 0 aliphatic rings. The van der Waals surface area contributed by atoms with E-state index in [4.69, 9.17) is 15.1 Å². The van der Waals surface area contributed by atoms with Crippen LogP contribution in [0.25, 0.3) is 0 Å². The highest BCUT2D eigenvalue weighted by Gasteiger charge is 2.47. The Morgan fingerprint density at radius 3 is 2.03 bits per heavy atom. The fraction of sp³-hybridized carbons (Fsp3) is 0.320. The number of nitrogens with zero attached hydrogens (tertiary/aromatic N) is 1. The molecule has 0 saturated heterocycles. The number of hydrogen-bond donors (Lipinski definition) is 4. The summed E-state index contributed by atoms with van der Waals surface area (Å²) in [5.41, 5.74) is 2.36. The van der Waals surface area contributed by atoms with Gasteiger partial charge in [0.15, 0.2) is 5.54 Å². The molecule has 0 radical (unpaired) electrons. The van der Waals surface area contributed by atoms with Crippen molar-refractivity contribution in [3.8, 4) is 11.8 Å². The van der Waals surface area contributed by atoms with Crippen LogP contribution >= 0.6 is 0 Å². The third-order valence-corrected chi connectivity index (χ3v) is 5.40. The first-order valence-electron chi connectivity index (χ1n) is 10.6. The second-order valence-corrected chi connectivity index (χ2v) is 7.57. The van der Waals surface area contributed by atoms with E-state index in [2.05, 4.69) is 17.2 Å². The van der Waals surface area contributed by atoms with Gasteiger partial charge in [-0.2, -0.15) is 0 Å². The van der Waals surface area contributed by atoms with Gasteiger partial charge in [0.1, 0.15) is 0 Å². The minimum atomic E-state index is -1.95. The summed E-state index contributed by atoms with van der Waals surface area (Å²) in [4.78, 5) is 38.3. The first-order valence-corrected chi connectivity index (χ1v) is 10.6. The number of nitrogens with one attached hydrogen (secondary N) is 2. The standard InChI is InChI=1S/C25H29N3O6/c1-25(23(31)26-2,24(32)27-33)28(3)22(30)21-12-10-19(11-13-21)5-4-18-6-8-20(9-7-18)14-16-34-17-15-29/h6-13,29,33H,14-17H2,1-3H3,(H,26,31)(H,27,32). The molecule has 3 amide bonds. The highest BCUT2D eigenvalue weighted by atomic mass is 16.5. The Morgan fingerprint density at radius 1 is 0.971 bits per heavy atom. The number of hydrogen-bond acceptors (Lipinski definition) is 6. The quantitative estimate of drug-likeness (QED) is 0.141. The predicted molar refractivity (Wildman–Crippen MR) is 125 cm³/mol. The number of rotatable bonds is 9. The lowest BCUT2D eigenvalue weighted by Gasteiger charge is -2.34. The summed E-state index contributed by atoms with van der Waals surface area (Å²) in [5.74, 6) is 3.74. The molecule has 1 unspecified atom stereocenters. The van der Waals surface area contributed by atoms with Crippen molar-refractivity contribution in [1.29, 1.82) is 0 Å². The number of aliphatic hydroxyl groups excluding tert-OH is 1. The molecule has 9 nitrogen and oxygen atoms in total. The third-order valence-electron chi connectivity index (χ3n) is 5.40. The molecule has 9 heteroatoms. The van der Waals surface area contributed by atoms with Gasteiger partial charge in [-0.15, -0.1) is 0 Å². The third kappa shape index (κ3) is 6.42. The van der Waals surface area contributed by atoms with E-state index in [9.17, 15) is 14.4 Å². The molecule has 34 heavy (non-hydrogen) atoms. The van der Waals surface area contributed by atoms with Crippen LogP contribution in [0.4, 0.5) is 0 Å². The molecular weight excluding hydrogens is 438 g/mol. The zero-order valence-electron chi connectivity index (χ0n) is 19.4. The normalized spacial score (nSPS) is 12.0. The number of aliphatic hydroxyl groups is 1. The number of hydroxylamine groups is 1. The Kier molecular flexibility index (Phi) is 9.76. The van der Waals surface area contributed by atoms with E-state index in [1.807, 2.05) is 24.3 Å². The first-order chi connectivity index (χ1) is 16.3. The molecule has 0 aliphatic carbocycles. The van der Waals surface area contributed by atoms with Crippen LogP contribution in [-0.2, 0) is 20.7 Å². The molecule has 0 aliphatic heterocycles. The van der Waals surface area contributed by atoms with Gasteiger partial charge >= 0.3 is 0 Å². The molecule has 0 saturated carbocycles. The molecule has 0 aromatic heterocycles. The minimum absolute atomic E-state index is 0.0105. The molecular formula is C25H29N3O6. The van der Waals surface area contributed by atoms with E-state index >= 15 is 0 Å². The Morgan fingerprint density at radius 2 is 1.53 bits per heavy atom. The number of carbonyl (C=O) groups is 3. The van der Waals surface area contributed by atoms with E-state index in [-0.39, 0.29) is 12.2 Å². The fourth-order valence-electron chi connectivity index (χ4n) is 3.11. The van der Waals surface area contributed by atoms with Crippen molar-refractivity contribution < 1.29 is 29.4 Å². The Labute approximate surface area is 198 Å². The van der Waals surface area contributed by atoms with E-state index in [1.54, 1.807) is 24.3 Å². The number of carbonyl (C=O) groups excluding carboxylic acids is 3. The van der Waals surface area contributed by atoms with Crippen LogP contribution in [0.2, 0.25) is 0 Å². The van der Waals surface area contributed by atoms with E-state index in [0.717, 1.165) is 22.4 Å². The zero-order valence-corrected chi connectivity index (χ0v) is 19.4. The lowest BCUT2D eigenvalue weighted by molar-refractivity contribution is -0.148. The molecule has 0 fully saturated rings. The molecule has 180 valence electrons. The predicted octanol–water partition coefficient (Wildman–Crippen LogP) is 0.720. The summed E-state index contributed by atoms with van der Waals surface area (Å²) >= 11 is 0. The smallest absolute Gasteiger partial charge is 0.278 e. The summed E-state index contributed by atoms with van der Waals surface area (Å²) < 4.78 is 5.26. The van der Waals surface area contributed by atoms with Crippen LogP contribution in [0.3, 0.4) is 0 Å². The highest BCUT2D eigenvalue weighted by molar-refractivity contribution is 6.12.